The van der Waals surface area contributed by atoms with E-state index < -0.39 is 0 Å². The minimum atomic E-state index is -0.146. The van der Waals surface area contributed by atoms with Gasteiger partial charge < -0.3 is 5.73 Å². The van der Waals surface area contributed by atoms with Crippen molar-refractivity contribution in [1.29, 1.82) is 10.5 Å². The summed E-state index contributed by atoms with van der Waals surface area (Å²) in [5, 5.41) is 17.8. The summed E-state index contributed by atoms with van der Waals surface area (Å²) in [4.78, 5) is 8.07. The molecule has 88 valence electrons. The van der Waals surface area contributed by atoms with Crippen molar-refractivity contribution in [2.75, 3.05) is 0 Å². The van der Waals surface area contributed by atoms with Gasteiger partial charge in [0.2, 0.25) is 0 Å². The summed E-state index contributed by atoms with van der Waals surface area (Å²) < 4.78 is 1.52. The second-order valence-electron chi connectivity index (χ2n) is 3.77. The number of nitrogens with zero attached hydrogens (tertiary/aromatic N) is 5. The summed E-state index contributed by atoms with van der Waals surface area (Å²) in [5.41, 5.74) is 7.45. The third-order valence-electron chi connectivity index (χ3n) is 2.49. The molecule has 1 atom stereocenters. The maximum atomic E-state index is 9.02. The average molecular weight is 238 g/mol. The lowest BCUT2D eigenvalue weighted by molar-refractivity contribution is 0.779. The standard InChI is InChI=1S/C12H10N6/c1-8(15)10-3-2-9(6-16-10)18-7-17-11(4-13)12(18)5-14/h2-3,6-8H,15H2,1H3/t8-/m0/s1. The lowest BCUT2D eigenvalue weighted by Crippen LogP contribution is -2.07. The number of rotatable bonds is 2. The molecular weight excluding hydrogens is 228 g/mol. The van der Waals surface area contributed by atoms with Gasteiger partial charge >= 0.3 is 0 Å². The fourth-order valence-electron chi connectivity index (χ4n) is 1.54. The van der Waals surface area contributed by atoms with E-state index in [9.17, 15) is 0 Å². The molecule has 2 heterocycles. The smallest absolute Gasteiger partial charge is 0.177 e. The van der Waals surface area contributed by atoms with Gasteiger partial charge in [0, 0.05) is 6.04 Å². The van der Waals surface area contributed by atoms with Gasteiger partial charge in [-0.15, -0.1) is 0 Å². The highest BCUT2D eigenvalue weighted by molar-refractivity contribution is 5.43. The number of aromatic nitrogens is 3. The fourth-order valence-corrected chi connectivity index (χ4v) is 1.54. The van der Waals surface area contributed by atoms with E-state index in [-0.39, 0.29) is 17.4 Å². The molecular formula is C12H10N6. The minimum Gasteiger partial charge on any atom is -0.323 e. The summed E-state index contributed by atoms with van der Waals surface area (Å²) in [6.45, 7) is 1.84. The van der Waals surface area contributed by atoms with Gasteiger partial charge in [-0.25, -0.2) is 4.98 Å². The molecule has 6 nitrogen and oxygen atoms in total. The third kappa shape index (κ3) is 1.93. The Kier molecular flexibility index (Phi) is 3.05. The van der Waals surface area contributed by atoms with Gasteiger partial charge in [0.1, 0.15) is 18.5 Å². The highest BCUT2D eigenvalue weighted by Crippen LogP contribution is 2.14. The van der Waals surface area contributed by atoms with Crippen LogP contribution in [-0.2, 0) is 0 Å². The predicted octanol–water partition coefficient (Wildman–Crippen LogP) is 1.03. The zero-order chi connectivity index (χ0) is 13.1. The lowest BCUT2D eigenvalue weighted by atomic mass is 10.2. The van der Waals surface area contributed by atoms with Crippen molar-refractivity contribution >= 4 is 0 Å². The Bertz CT molecular complexity index is 639. The molecule has 0 aliphatic carbocycles. The van der Waals surface area contributed by atoms with Crippen LogP contribution in [0.15, 0.2) is 24.7 Å². The summed E-state index contributed by atoms with van der Waals surface area (Å²) in [5.74, 6) is 0. The van der Waals surface area contributed by atoms with Crippen molar-refractivity contribution in [3.8, 4) is 17.8 Å². The summed E-state index contributed by atoms with van der Waals surface area (Å²) in [6.07, 6.45) is 3.03. The molecule has 0 saturated carbocycles. The normalized spacial score (nSPS) is 11.6. The van der Waals surface area contributed by atoms with E-state index in [4.69, 9.17) is 16.3 Å². The predicted molar refractivity (Wildman–Crippen MR) is 63.4 cm³/mol. The first-order chi connectivity index (χ1) is 8.67. The Morgan fingerprint density at radius 3 is 2.56 bits per heavy atom. The van der Waals surface area contributed by atoms with Crippen LogP contribution < -0.4 is 5.73 Å². The molecule has 2 N–H and O–H groups in total. The van der Waals surface area contributed by atoms with Gasteiger partial charge in [0.15, 0.2) is 11.4 Å². The largest absolute Gasteiger partial charge is 0.323 e. The number of pyridine rings is 1. The molecule has 0 saturated heterocycles. The molecule has 2 aromatic rings. The van der Waals surface area contributed by atoms with Crippen molar-refractivity contribution in [3.05, 3.63) is 41.7 Å². The molecule has 2 aromatic heterocycles. The first-order valence-corrected chi connectivity index (χ1v) is 5.26. The Hall–Kier alpha value is -2.70. The topological polar surface area (TPSA) is 104 Å². The Morgan fingerprint density at radius 1 is 1.28 bits per heavy atom. The van der Waals surface area contributed by atoms with Gasteiger partial charge in [-0.3, -0.25) is 9.55 Å². The average Bonchev–Trinajstić information content (AvgIpc) is 2.81. The minimum absolute atomic E-state index is 0.105. The molecule has 18 heavy (non-hydrogen) atoms. The lowest BCUT2D eigenvalue weighted by Gasteiger charge is -2.07. The van der Waals surface area contributed by atoms with E-state index in [2.05, 4.69) is 9.97 Å². The van der Waals surface area contributed by atoms with Crippen LogP contribution in [0.1, 0.15) is 30.0 Å². The van der Waals surface area contributed by atoms with Crippen LogP contribution in [0.5, 0.6) is 0 Å². The van der Waals surface area contributed by atoms with Crippen molar-refractivity contribution in [2.45, 2.75) is 13.0 Å². The van der Waals surface area contributed by atoms with Crippen LogP contribution in [0.3, 0.4) is 0 Å². The van der Waals surface area contributed by atoms with Crippen LogP contribution in [0.25, 0.3) is 5.69 Å². The van der Waals surface area contributed by atoms with Gasteiger partial charge in [0.25, 0.3) is 0 Å². The quantitative estimate of drug-likeness (QED) is 0.841. The maximum absolute atomic E-state index is 9.02. The molecule has 0 fully saturated rings. The van der Waals surface area contributed by atoms with Crippen LogP contribution in [0.4, 0.5) is 0 Å². The van der Waals surface area contributed by atoms with Crippen LogP contribution >= 0.6 is 0 Å². The van der Waals surface area contributed by atoms with Crippen molar-refractivity contribution in [1.82, 2.24) is 14.5 Å². The molecule has 0 spiro atoms. The molecule has 0 aliphatic heterocycles. The molecule has 0 unspecified atom stereocenters. The molecule has 0 amide bonds. The Labute approximate surface area is 104 Å². The summed E-state index contributed by atoms with van der Waals surface area (Å²) in [7, 11) is 0. The highest BCUT2D eigenvalue weighted by atomic mass is 15.1. The first kappa shape index (κ1) is 11.8. The molecule has 0 aliphatic rings. The number of nitriles is 2. The van der Waals surface area contributed by atoms with Gasteiger partial charge in [-0.2, -0.15) is 10.5 Å². The molecule has 6 heteroatoms. The van der Waals surface area contributed by atoms with E-state index >= 15 is 0 Å². The second kappa shape index (κ2) is 4.66. The van der Waals surface area contributed by atoms with Crippen LogP contribution in [0, 0.1) is 22.7 Å². The zero-order valence-corrected chi connectivity index (χ0v) is 9.70. The molecule has 2 rings (SSSR count). The second-order valence-corrected chi connectivity index (χ2v) is 3.77. The van der Waals surface area contributed by atoms with E-state index in [0.29, 0.717) is 5.69 Å². The van der Waals surface area contributed by atoms with Crippen molar-refractivity contribution in [2.24, 2.45) is 5.73 Å². The fraction of sp³-hybridized carbons (Fsp3) is 0.167. The first-order valence-electron chi connectivity index (χ1n) is 5.26. The molecule has 0 bridgehead atoms. The third-order valence-corrected chi connectivity index (χ3v) is 2.49. The zero-order valence-electron chi connectivity index (χ0n) is 9.70. The Balaban J connectivity index is 2.47. The van der Waals surface area contributed by atoms with Gasteiger partial charge in [-0.05, 0) is 19.1 Å². The number of imidazole rings is 1. The van der Waals surface area contributed by atoms with Crippen molar-refractivity contribution < 1.29 is 0 Å². The van der Waals surface area contributed by atoms with Crippen molar-refractivity contribution in [3.63, 3.8) is 0 Å². The summed E-state index contributed by atoms with van der Waals surface area (Å²) >= 11 is 0. The maximum Gasteiger partial charge on any atom is 0.177 e. The number of nitrogens with two attached hydrogens (primary N) is 1. The van der Waals surface area contributed by atoms with E-state index in [1.807, 2.05) is 19.1 Å². The molecule has 0 radical (unpaired) electrons. The van der Waals surface area contributed by atoms with Crippen LogP contribution in [-0.4, -0.2) is 14.5 Å². The Morgan fingerprint density at radius 2 is 2.06 bits per heavy atom. The molecule has 0 aromatic carbocycles. The van der Waals surface area contributed by atoms with E-state index in [0.717, 1.165) is 5.69 Å². The SMILES string of the molecule is C[C@H](N)c1ccc(-n2cnc(C#N)c2C#N)cn1. The summed E-state index contributed by atoms with van der Waals surface area (Å²) in [6, 6.07) is 7.25. The number of hydrogen-bond donors (Lipinski definition) is 1. The van der Waals surface area contributed by atoms with E-state index in [1.54, 1.807) is 18.3 Å². The monoisotopic (exact) mass is 238 g/mol. The van der Waals surface area contributed by atoms with Gasteiger partial charge in [0.05, 0.1) is 17.6 Å². The van der Waals surface area contributed by atoms with E-state index in [1.165, 1.54) is 10.9 Å². The highest BCUT2D eigenvalue weighted by Gasteiger charge is 2.11. The van der Waals surface area contributed by atoms with Gasteiger partial charge in [-0.1, -0.05) is 0 Å². The number of hydrogen-bond acceptors (Lipinski definition) is 5. The van der Waals surface area contributed by atoms with Crippen LogP contribution in [0.2, 0.25) is 0 Å².